The standard InChI is InChI=1S/C9H6BrF2NO4/c1-4(14)5-2-8(17-9(11)12)7(13(15)16)3-6(5)10/h2-3,9H,1H3. The summed E-state index contributed by atoms with van der Waals surface area (Å²) in [5.74, 6) is -1.07. The van der Waals surface area contributed by atoms with Gasteiger partial charge in [0.1, 0.15) is 0 Å². The lowest BCUT2D eigenvalue weighted by Gasteiger charge is -2.07. The van der Waals surface area contributed by atoms with E-state index in [1.165, 1.54) is 6.92 Å². The van der Waals surface area contributed by atoms with Crippen LogP contribution >= 0.6 is 15.9 Å². The molecule has 0 atom stereocenters. The maximum atomic E-state index is 12.1. The quantitative estimate of drug-likeness (QED) is 0.486. The van der Waals surface area contributed by atoms with E-state index in [1.807, 2.05) is 0 Å². The third kappa shape index (κ3) is 3.19. The number of alkyl halides is 2. The Labute approximate surface area is 103 Å². The van der Waals surface area contributed by atoms with Gasteiger partial charge in [-0.15, -0.1) is 0 Å². The van der Waals surface area contributed by atoms with E-state index in [2.05, 4.69) is 20.7 Å². The summed E-state index contributed by atoms with van der Waals surface area (Å²) in [6.07, 6.45) is 0. The minimum atomic E-state index is -3.20. The van der Waals surface area contributed by atoms with Gasteiger partial charge in [0.2, 0.25) is 5.75 Å². The van der Waals surface area contributed by atoms with Gasteiger partial charge in [-0.3, -0.25) is 14.9 Å². The Morgan fingerprint density at radius 2 is 2.12 bits per heavy atom. The molecule has 0 saturated heterocycles. The molecule has 0 N–H and O–H groups in total. The van der Waals surface area contributed by atoms with Crippen molar-refractivity contribution in [1.82, 2.24) is 0 Å². The van der Waals surface area contributed by atoms with Crippen LogP contribution in [0, 0.1) is 10.1 Å². The molecule has 0 aromatic heterocycles. The van der Waals surface area contributed by atoms with Gasteiger partial charge in [-0.1, -0.05) is 0 Å². The molecule has 0 aliphatic heterocycles. The SMILES string of the molecule is CC(=O)c1cc(OC(F)F)c([N+](=O)[O-])cc1Br. The zero-order valence-electron chi connectivity index (χ0n) is 8.45. The summed E-state index contributed by atoms with van der Waals surface area (Å²) < 4.78 is 28.3. The molecule has 0 amide bonds. The molecule has 0 heterocycles. The highest BCUT2D eigenvalue weighted by atomic mass is 79.9. The van der Waals surface area contributed by atoms with Gasteiger partial charge in [0.25, 0.3) is 0 Å². The first-order chi connectivity index (χ1) is 7.82. The third-order valence-corrected chi connectivity index (χ3v) is 2.50. The van der Waals surface area contributed by atoms with E-state index in [4.69, 9.17) is 0 Å². The van der Waals surface area contributed by atoms with Crippen LogP contribution in [0.5, 0.6) is 5.75 Å². The van der Waals surface area contributed by atoms with E-state index in [1.54, 1.807) is 0 Å². The van der Waals surface area contributed by atoms with Crippen LogP contribution in [0.15, 0.2) is 16.6 Å². The highest BCUT2D eigenvalue weighted by Crippen LogP contribution is 2.34. The maximum absolute atomic E-state index is 12.1. The maximum Gasteiger partial charge on any atom is 0.387 e. The van der Waals surface area contributed by atoms with Crippen LogP contribution in [0.3, 0.4) is 0 Å². The molecule has 0 saturated carbocycles. The van der Waals surface area contributed by atoms with Crippen molar-refractivity contribution in [2.45, 2.75) is 13.5 Å². The molecule has 1 aromatic rings. The van der Waals surface area contributed by atoms with E-state index < -0.39 is 28.8 Å². The predicted octanol–water partition coefficient (Wildman–Crippen LogP) is 3.16. The van der Waals surface area contributed by atoms with Crippen molar-refractivity contribution in [2.24, 2.45) is 0 Å². The van der Waals surface area contributed by atoms with Gasteiger partial charge < -0.3 is 4.74 Å². The fourth-order valence-electron chi connectivity index (χ4n) is 1.15. The predicted molar refractivity (Wildman–Crippen MR) is 57.4 cm³/mol. The van der Waals surface area contributed by atoms with Crippen LogP contribution in [-0.2, 0) is 0 Å². The number of rotatable bonds is 4. The van der Waals surface area contributed by atoms with E-state index in [0.29, 0.717) is 0 Å². The van der Waals surface area contributed by atoms with Crippen LogP contribution in [0.25, 0.3) is 0 Å². The summed E-state index contributed by atoms with van der Waals surface area (Å²) in [6, 6.07) is 1.87. The summed E-state index contributed by atoms with van der Waals surface area (Å²) in [4.78, 5) is 20.9. The lowest BCUT2D eigenvalue weighted by Crippen LogP contribution is -2.06. The molecule has 92 valence electrons. The highest BCUT2D eigenvalue weighted by molar-refractivity contribution is 9.10. The molecule has 0 spiro atoms. The first-order valence-electron chi connectivity index (χ1n) is 4.26. The fraction of sp³-hybridized carbons (Fsp3) is 0.222. The smallest absolute Gasteiger partial charge is 0.387 e. The number of nitro groups is 1. The van der Waals surface area contributed by atoms with Crippen molar-refractivity contribution in [1.29, 1.82) is 0 Å². The second-order valence-electron chi connectivity index (χ2n) is 2.99. The van der Waals surface area contributed by atoms with Crippen molar-refractivity contribution in [3.63, 3.8) is 0 Å². The summed E-state index contributed by atoms with van der Waals surface area (Å²) in [7, 11) is 0. The largest absolute Gasteiger partial charge is 0.427 e. The highest BCUT2D eigenvalue weighted by Gasteiger charge is 2.22. The monoisotopic (exact) mass is 309 g/mol. The number of carbonyl (C=O) groups is 1. The number of nitro benzene ring substituents is 1. The number of hydrogen-bond acceptors (Lipinski definition) is 4. The minimum absolute atomic E-state index is 0.0336. The number of hydrogen-bond donors (Lipinski definition) is 0. The Morgan fingerprint density at radius 3 is 2.53 bits per heavy atom. The summed E-state index contributed by atoms with van der Waals surface area (Å²) in [5, 5.41) is 10.6. The van der Waals surface area contributed by atoms with Gasteiger partial charge in [0.15, 0.2) is 5.78 Å². The van der Waals surface area contributed by atoms with Gasteiger partial charge in [-0.05, 0) is 28.9 Å². The van der Waals surface area contributed by atoms with E-state index >= 15 is 0 Å². The van der Waals surface area contributed by atoms with Crippen molar-refractivity contribution in [2.75, 3.05) is 0 Å². The zero-order valence-corrected chi connectivity index (χ0v) is 10.0. The molecule has 0 aliphatic rings. The molecular weight excluding hydrogens is 304 g/mol. The normalized spacial score (nSPS) is 10.4. The molecule has 1 aromatic carbocycles. The lowest BCUT2D eigenvalue weighted by atomic mass is 10.1. The van der Waals surface area contributed by atoms with Gasteiger partial charge in [0.05, 0.1) is 4.92 Å². The molecule has 0 unspecified atom stereocenters. The average molecular weight is 310 g/mol. The van der Waals surface area contributed by atoms with Crippen LogP contribution < -0.4 is 4.74 Å². The zero-order chi connectivity index (χ0) is 13.2. The van der Waals surface area contributed by atoms with Crippen LogP contribution in [0.4, 0.5) is 14.5 Å². The second-order valence-corrected chi connectivity index (χ2v) is 3.85. The number of ketones is 1. The molecule has 5 nitrogen and oxygen atoms in total. The molecule has 1 rings (SSSR count). The van der Waals surface area contributed by atoms with E-state index in [0.717, 1.165) is 12.1 Å². The molecular formula is C9H6BrF2NO4. The van der Waals surface area contributed by atoms with Crippen molar-refractivity contribution in [3.8, 4) is 5.75 Å². The first-order valence-corrected chi connectivity index (χ1v) is 5.06. The Bertz CT molecular complexity index is 478. The Morgan fingerprint density at radius 1 is 1.53 bits per heavy atom. The second kappa shape index (κ2) is 5.17. The van der Waals surface area contributed by atoms with Crippen molar-refractivity contribution >= 4 is 27.4 Å². The van der Waals surface area contributed by atoms with Gasteiger partial charge in [0, 0.05) is 16.1 Å². The topological polar surface area (TPSA) is 69.4 Å². The number of benzene rings is 1. The lowest BCUT2D eigenvalue weighted by molar-refractivity contribution is -0.386. The van der Waals surface area contributed by atoms with Crippen LogP contribution in [0.1, 0.15) is 17.3 Å². The number of Topliss-reactive ketones (excluding diaryl/α,β-unsaturated/α-hetero) is 1. The van der Waals surface area contributed by atoms with E-state index in [-0.39, 0.29) is 10.0 Å². The number of ether oxygens (including phenoxy) is 1. The average Bonchev–Trinajstić information content (AvgIpc) is 2.18. The summed E-state index contributed by atoms with van der Waals surface area (Å²) in [6.45, 7) is -1.99. The van der Waals surface area contributed by atoms with Crippen LogP contribution in [-0.4, -0.2) is 17.3 Å². The Kier molecular flexibility index (Phi) is 4.11. The fourth-order valence-corrected chi connectivity index (χ4v) is 1.76. The van der Waals surface area contributed by atoms with Crippen molar-refractivity contribution in [3.05, 3.63) is 32.3 Å². The molecule has 0 bridgehead atoms. The Hall–Kier alpha value is -1.57. The third-order valence-electron chi connectivity index (χ3n) is 1.84. The molecule has 8 heteroatoms. The molecule has 0 aliphatic carbocycles. The molecule has 0 radical (unpaired) electrons. The van der Waals surface area contributed by atoms with Crippen LogP contribution in [0.2, 0.25) is 0 Å². The number of nitrogens with zero attached hydrogens (tertiary/aromatic N) is 1. The van der Waals surface area contributed by atoms with Gasteiger partial charge >= 0.3 is 12.3 Å². The summed E-state index contributed by atoms with van der Waals surface area (Å²) in [5.41, 5.74) is -0.603. The number of halogens is 3. The molecule has 17 heavy (non-hydrogen) atoms. The van der Waals surface area contributed by atoms with E-state index in [9.17, 15) is 23.7 Å². The first kappa shape index (κ1) is 13.5. The minimum Gasteiger partial charge on any atom is -0.427 e. The summed E-state index contributed by atoms with van der Waals surface area (Å²) >= 11 is 2.95. The number of carbonyl (C=O) groups excluding carboxylic acids is 1. The van der Waals surface area contributed by atoms with Gasteiger partial charge in [-0.2, -0.15) is 8.78 Å². The van der Waals surface area contributed by atoms with Crippen molar-refractivity contribution < 1.29 is 23.2 Å². The molecule has 0 fully saturated rings. The van der Waals surface area contributed by atoms with Gasteiger partial charge in [-0.25, -0.2) is 0 Å². The Balaban J connectivity index is 3.36.